The van der Waals surface area contributed by atoms with Crippen LogP contribution in [0, 0.1) is 5.82 Å². The van der Waals surface area contributed by atoms with Crippen molar-refractivity contribution >= 4 is 10.9 Å². The Kier molecular flexibility index (Phi) is 3.24. The molecule has 0 bridgehead atoms. The number of alkyl halides is 3. The van der Waals surface area contributed by atoms with Gasteiger partial charge in [-0.05, 0) is 24.3 Å². The van der Waals surface area contributed by atoms with E-state index in [1.165, 1.54) is 6.07 Å². The van der Waals surface area contributed by atoms with E-state index < -0.39 is 17.6 Å². The van der Waals surface area contributed by atoms with Crippen molar-refractivity contribution < 1.29 is 17.6 Å². The van der Waals surface area contributed by atoms with Crippen molar-refractivity contribution in [3.63, 3.8) is 0 Å². The van der Waals surface area contributed by atoms with Crippen LogP contribution in [0.3, 0.4) is 0 Å². The quantitative estimate of drug-likeness (QED) is 0.666. The molecule has 6 heteroatoms. The van der Waals surface area contributed by atoms with Crippen LogP contribution in [0.5, 0.6) is 0 Å². The average molecular weight is 307 g/mol. The zero-order valence-electron chi connectivity index (χ0n) is 11.0. The fraction of sp³-hybridized carbons (Fsp3) is 0.0625. The van der Waals surface area contributed by atoms with Gasteiger partial charge >= 0.3 is 6.18 Å². The SMILES string of the molecule is O=c1cc(-c2ccc(C(F)(F)F)c(F)c2)[nH]c2ccccc12. The van der Waals surface area contributed by atoms with Crippen LogP contribution in [0.1, 0.15) is 5.56 Å². The van der Waals surface area contributed by atoms with E-state index in [4.69, 9.17) is 0 Å². The third kappa shape index (κ3) is 2.47. The molecule has 0 fully saturated rings. The average Bonchev–Trinajstić information content (AvgIpc) is 2.46. The zero-order chi connectivity index (χ0) is 15.9. The van der Waals surface area contributed by atoms with E-state index in [0.717, 1.165) is 12.1 Å². The molecule has 0 unspecified atom stereocenters. The molecular formula is C16H9F4NO. The summed E-state index contributed by atoms with van der Waals surface area (Å²) >= 11 is 0. The molecule has 3 aromatic rings. The standard InChI is InChI=1S/C16H9F4NO/c17-12-7-9(5-6-11(12)16(18,19)20)14-8-15(22)10-3-1-2-4-13(10)21-14/h1-8H,(H,21,22). The second-order valence-corrected chi connectivity index (χ2v) is 4.79. The summed E-state index contributed by atoms with van der Waals surface area (Å²) in [5.74, 6) is -1.38. The Hall–Kier alpha value is -2.63. The molecule has 0 spiro atoms. The van der Waals surface area contributed by atoms with Crippen molar-refractivity contribution in [2.75, 3.05) is 0 Å². The van der Waals surface area contributed by atoms with E-state index in [0.29, 0.717) is 17.0 Å². The predicted molar refractivity (Wildman–Crippen MR) is 75.0 cm³/mol. The molecule has 0 amide bonds. The molecule has 1 aromatic heterocycles. The normalized spacial score (nSPS) is 11.8. The highest BCUT2D eigenvalue weighted by Crippen LogP contribution is 2.33. The van der Waals surface area contributed by atoms with E-state index in [1.54, 1.807) is 24.3 Å². The molecule has 0 atom stereocenters. The molecular weight excluding hydrogens is 298 g/mol. The Bertz CT molecular complexity index is 912. The first-order chi connectivity index (χ1) is 10.4. The minimum atomic E-state index is -4.75. The van der Waals surface area contributed by atoms with Crippen LogP contribution in [-0.2, 0) is 6.18 Å². The summed E-state index contributed by atoms with van der Waals surface area (Å²) in [5, 5.41) is 0.457. The second-order valence-electron chi connectivity index (χ2n) is 4.79. The lowest BCUT2D eigenvalue weighted by Gasteiger charge is -2.10. The first kappa shape index (κ1) is 14.3. The van der Waals surface area contributed by atoms with E-state index in [1.807, 2.05) is 0 Å². The summed E-state index contributed by atoms with van der Waals surface area (Å²) in [4.78, 5) is 14.9. The number of aromatic amines is 1. The molecule has 22 heavy (non-hydrogen) atoms. The van der Waals surface area contributed by atoms with Crippen LogP contribution in [0.2, 0.25) is 0 Å². The molecule has 1 heterocycles. The first-order valence-electron chi connectivity index (χ1n) is 6.35. The molecule has 0 saturated carbocycles. The van der Waals surface area contributed by atoms with Gasteiger partial charge < -0.3 is 4.98 Å². The Labute approximate surface area is 122 Å². The molecule has 3 rings (SSSR count). The molecule has 1 N–H and O–H groups in total. The molecule has 0 radical (unpaired) electrons. The Morgan fingerprint density at radius 2 is 1.68 bits per heavy atom. The van der Waals surface area contributed by atoms with Gasteiger partial charge in [-0.25, -0.2) is 4.39 Å². The molecule has 0 aliphatic carbocycles. The smallest absolute Gasteiger partial charge is 0.354 e. The van der Waals surface area contributed by atoms with E-state index in [-0.39, 0.29) is 16.7 Å². The van der Waals surface area contributed by atoms with E-state index >= 15 is 0 Å². The number of pyridine rings is 1. The lowest BCUT2D eigenvalue weighted by Crippen LogP contribution is -2.08. The maximum atomic E-state index is 13.6. The zero-order valence-corrected chi connectivity index (χ0v) is 11.0. The van der Waals surface area contributed by atoms with Gasteiger partial charge in [0.05, 0.1) is 5.56 Å². The highest BCUT2D eigenvalue weighted by Gasteiger charge is 2.33. The minimum absolute atomic E-state index is 0.174. The summed E-state index contributed by atoms with van der Waals surface area (Å²) in [6.07, 6.45) is -4.75. The van der Waals surface area contributed by atoms with Gasteiger partial charge in [-0.3, -0.25) is 4.79 Å². The molecule has 0 aliphatic rings. The van der Waals surface area contributed by atoms with Gasteiger partial charge in [0, 0.05) is 28.2 Å². The third-order valence-electron chi connectivity index (χ3n) is 3.32. The molecule has 112 valence electrons. The summed E-state index contributed by atoms with van der Waals surface area (Å²) in [7, 11) is 0. The van der Waals surface area contributed by atoms with Gasteiger partial charge in [-0.2, -0.15) is 13.2 Å². The van der Waals surface area contributed by atoms with Crippen LogP contribution in [0.4, 0.5) is 17.6 Å². The van der Waals surface area contributed by atoms with Crippen LogP contribution < -0.4 is 5.43 Å². The number of hydrogen-bond donors (Lipinski definition) is 1. The number of aromatic nitrogens is 1. The van der Waals surface area contributed by atoms with Gasteiger partial charge in [-0.1, -0.05) is 18.2 Å². The van der Waals surface area contributed by atoms with Gasteiger partial charge in [0.25, 0.3) is 0 Å². The van der Waals surface area contributed by atoms with Crippen LogP contribution >= 0.6 is 0 Å². The number of fused-ring (bicyclic) bond motifs is 1. The number of hydrogen-bond acceptors (Lipinski definition) is 1. The lowest BCUT2D eigenvalue weighted by molar-refractivity contribution is -0.139. The molecule has 0 aliphatic heterocycles. The largest absolute Gasteiger partial charge is 0.419 e. The summed E-state index contributed by atoms with van der Waals surface area (Å²) in [5.41, 5.74) is -0.654. The second kappa shape index (κ2) is 4.98. The molecule has 2 aromatic carbocycles. The topological polar surface area (TPSA) is 32.9 Å². The molecule has 2 nitrogen and oxygen atoms in total. The van der Waals surface area contributed by atoms with Gasteiger partial charge in [-0.15, -0.1) is 0 Å². The highest BCUT2D eigenvalue weighted by atomic mass is 19.4. The summed E-state index contributed by atoms with van der Waals surface area (Å²) in [6.45, 7) is 0. The fourth-order valence-electron chi connectivity index (χ4n) is 2.27. The first-order valence-corrected chi connectivity index (χ1v) is 6.35. The minimum Gasteiger partial charge on any atom is -0.354 e. The monoisotopic (exact) mass is 307 g/mol. The predicted octanol–water partition coefficient (Wildman–Crippen LogP) is 4.35. The maximum absolute atomic E-state index is 13.6. The number of para-hydroxylation sites is 1. The fourth-order valence-corrected chi connectivity index (χ4v) is 2.27. The van der Waals surface area contributed by atoms with Crippen LogP contribution in [-0.4, -0.2) is 4.98 Å². The number of benzene rings is 2. The number of nitrogens with one attached hydrogen (secondary N) is 1. The van der Waals surface area contributed by atoms with Crippen molar-refractivity contribution in [2.24, 2.45) is 0 Å². The number of halogens is 4. The Morgan fingerprint density at radius 3 is 2.36 bits per heavy atom. The van der Waals surface area contributed by atoms with Gasteiger partial charge in [0.2, 0.25) is 0 Å². The molecule has 0 saturated heterocycles. The summed E-state index contributed by atoms with van der Waals surface area (Å²) in [6, 6.07) is 10.5. The summed E-state index contributed by atoms with van der Waals surface area (Å²) < 4.78 is 51.3. The van der Waals surface area contributed by atoms with Crippen molar-refractivity contribution in [1.29, 1.82) is 0 Å². The van der Waals surface area contributed by atoms with Crippen molar-refractivity contribution in [3.8, 4) is 11.3 Å². The van der Waals surface area contributed by atoms with Crippen LogP contribution in [0.15, 0.2) is 53.3 Å². The highest BCUT2D eigenvalue weighted by molar-refractivity contribution is 5.81. The lowest BCUT2D eigenvalue weighted by atomic mass is 10.1. The van der Waals surface area contributed by atoms with Gasteiger partial charge in [0.15, 0.2) is 5.43 Å². The van der Waals surface area contributed by atoms with Crippen molar-refractivity contribution in [3.05, 3.63) is 70.1 Å². The van der Waals surface area contributed by atoms with Crippen LogP contribution in [0.25, 0.3) is 22.2 Å². The van der Waals surface area contributed by atoms with E-state index in [2.05, 4.69) is 4.98 Å². The van der Waals surface area contributed by atoms with Crippen molar-refractivity contribution in [1.82, 2.24) is 4.98 Å². The maximum Gasteiger partial charge on any atom is 0.419 e. The van der Waals surface area contributed by atoms with Gasteiger partial charge in [0.1, 0.15) is 5.82 Å². The van der Waals surface area contributed by atoms with E-state index in [9.17, 15) is 22.4 Å². The van der Waals surface area contributed by atoms with Crippen molar-refractivity contribution in [2.45, 2.75) is 6.18 Å². The number of H-pyrrole nitrogens is 1. The Morgan fingerprint density at radius 1 is 0.955 bits per heavy atom. The third-order valence-corrected chi connectivity index (χ3v) is 3.32. The number of rotatable bonds is 1. The Balaban J connectivity index is 2.16.